The van der Waals surface area contributed by atoms with Crippen molar-refractivity contribution in [3.05, 3.63) is 72.4 Å². The van der Waals surface area contributed by atoms with Gasteiger partial charge in [-0.05, 0) is 24.3 Å². The predicted molar refractivity (Wildman–Crippen MR) is 97.9 cm³/mol. The Hall–Kier alpha value is -3.61. The molecule has 1 saturated heterocycles. The zero-order valence-corrected chi connectivity index (χ0v) is 14.3. The number of carbonyl (C=O) groups is 1. The molecule has 132 valence electrons. The molecule has 0 saturated carbocycles. The first kappa shape index (κ1) is 15.6. The van der Waals surface area contributed by atoms with Crippen LogP contribution in [0.3, 0.4) is 0 Å². The SMILES string of the molecule is O=C(c1ccc2ccccc2n1)N1CC(c2nc(-c3ccccn3)no2)C1. The minimum absolute atomic E-state index is 0.0411. The highest BCUT2D eigenvalue weighted by Gasteiger charge is 2.36. The summed E-state index contributed by atoms with van der Waals surface area (Å²) in [7, 11) is 0. The van der Waals surface area contributed by atoms with Crippen molar-refractivity contribution >= 4 is 16.8 Å². The Balaban J connectivity index is 1.29. The topological polar surface area (TPSA) is 85.0 Å². The second-order valence-corrected chi connectivity index (χ2v) is 6.47. The van der Waals surface area contributed by atoms with Crippen molar-refractivity contribution in [3.63, 3.8) is 0 Å². The normalized spacial score (nSPS) is 14.3. The van der Waals surface area contributed by atoms with Gasteiger partial charge in [-0.2, -0.15) is 4.98 Å². The average molecular weight is 357 g/mol. The lowest BCUT2D eigenvalue weighted by atomic mass is 9.99. The van der Waals surface area contributed by atoms with E-state index in [2.05, 4.69) is 20.1 Å². The van der Waals surface area contributed by atoms with Crippen molar-refractivity contribution in [2.75, 3.05) is 13.1 Å². The number of nitrogens with zero attached hydrogens (tertiary/aromatic N) is 5. The van der Waals surface area contributed by atoms with Gasteiger partial charge in [-0.15, -0.1) is 0 Å². The second-order valence-electron chi connectivity index (χ2n) is 6.47. The molecular weight excluding hydrogens is 342 g/mol. The van der Waals surface area contributed by atoms with Crippen LogP contribution >= 0.6 is 0 Å². The Labute approximate surface area is 154 Å². The lowest BCUT2D eigenvalue weighted by Gasteiger charge is -2.36. The molecule has 1 aliphatic rings. The summed E-state index contributed by atoms with van der Waals surface area (Å²) in [4.78, 5) is 27.5. The second kappa shape index (κ2) is 6.28. The van der Waals surface area contributed by atoms with E-state index in [0.717, 1.165) is 10.9 Å². The average Bonchev–Trinajstić information content (AvgIpc) is 3.17. The maximum Gasteiger partial charge on any atom is 0.272 e. The summed E-state index contributed by atoms with van der Waals surface area (Å²) in [5.41, 5.74) is 1.93. The van der Waals surface area contributed by atoms with Gasteiger partial charge in [-0.25, -0.2) is 4.98 Å². The molecule has 0 atom stereocenters. The van der Waals surface area contributed by atoms with E-state index in [1.807, 2.05) is 48.5 Å². The summed E-state index contributed by atoms with van der Waals surface area (Å²) >= 11 is 0. The minimum Gasteiger partial charge on any atom is -0.338 e. The fourth-order valence-corrected chi connectivity index (χ4v) is 3.15. The standard InChI is InChI=1S/C20H15N5O2/c26-20(17-9-8-13-5-1-2-6-15(13)22-17)25-11-14(12-25)19-23-18(24-27-19)16-7-3-4-10-21-16/h1-10,14H,11-12H2. The zero-order chi connectivity index (χ0) is 18.2. The van der Waals surface area contributed by atoms with Gasteiger partial charge in [-0.1, -0.05) is 35.5 Å². The zero-order valence-electron chi connectivity index (χ0n) is 14.3. The van der Waals surface area contributed by atoms with Crippen LogP contribution in [0, 0.1) is 0 Å². The van der Waals surface area contributed by atoms with Gasteiger partial charge < -0.3 is 9.42 Å². The Bertz CT molecular complexity index is 1120. The van der Waals surface area contributed by atoms with E-state index >= 15 is 0 Å². The highest BCUT2D eigenvalue weighted by atomic mass is 16.5. The van der Waals surface area contributed by atoms with Gasteiger partial charge in [0, 0.05) is 24.7 Å². The molecule has 0 aliphatic carbocycles. The van der Waals surface area contributed by atoms with Crippen LogP contribution in [0.25, 0.3) is 22.4 Å². The van der Waals surface area contributed by atoms with Crippen molar-refractivity contribution in [1.29, 1.82) is 0 Å². The molecule has 7 nitrogen and oxygen atoms in total. The van der Waals surface area contributed by atoms with Gasteiger partial charge in [0.05, 0.1) is 11.4 Å². The first-order valence-electron chi connectivity index (χ1n) is 8.68. The summed E-state index contributed by atoms with van der Waals surface area (Å²) < 4.78 is 5.36. The number of amides is 1. The van der Waals surface area contributed by atoms with Crippen LogP contribution in [-0.4, -0.2) is 44.0 Å². The van der Waals surface area contributed by atoms with Crippen LogP contribution in [0.15, 0.2) is 65.3 Å². The van der Waals surface area contributed by atoms with Gasteiger partial charge in [0.15, 0.2) is 0 Å². The van der Waals surface area contributed by atoms with Crippen LogP contribution in [0.2, 0.25) is 0 Å². The fraction of sp³-hybridized carbons (Fsp3) is 0.150. The summed E-state index contributed by atoms with van der Waals surface area (Å²) in [6, 6.07) is 17.0. The van der Waals surface area contributed by atoms with Crippen LogP contribution < -0.4 is 0 Å². The van der Waals surface area contributed by atoms with E-state index in [9.17, 15) is 4.79 Å². The smallest absolute Gasteiger partial charge is 0.272 e. The predicted octanol–water partition coefficient (Wildman–Crippen LogP) is 2.92. The van der Waals surface area contributed by atoms with Crippen molar-refractivity contribution in [2.24, 2.45) is 0 Å². The Morgan fingerprint density at radius 2 is 1.85 bits per heavy atom. The van der Waals surface area contributed by atoms with E-state index in [0.29, 0.717) is 36.2 Å². The van der Waals surface area contributed by atoms with Crippen molar-refractivity contribution in [1.82, 2.24) is 25.0 Å². The third-order valence-electron chi connectivity index (χ3n) is 4.67. The molecule has 4 heterocycles. The van der Waals surface area contributed by atoms with E-state index in [1.165, 1.54) is 0 Å². The molecule has 4 aromatic rings. The molecule has 0 bridgehead atoms. The summed E-state index contributed by atoms with van der Waals surface area (Å²) in [6.07, 6.45) is 1.69. The van der Waals surface area contributed by atoms with E-state index in [4.69, 9.17) is 4.52 Å². The fourth-order valence-electron chi connectivity index (χ4n) is 3.15. The van der Waals surface area contributed by atoms with Crippen molar-refractivity contribution in [2.45, 2.75) is 5.92 Å². The monoisotopic (exact) mass is 357 g/mol. The Morgan fingerprint density at radius 3 is 2.70 bits per heavy atom. The number of fused-ring (bicyclic) bond motifs is 1. The number of rotatable bonds is 3. The number of carbonyl (C=O) groups excluding carboxylic acids is 1. The van der Waals surface area contributed by atoms with Gasteiger partial charge in [0.1, 0.15) is 11.4 Å². The largest absolute Gasteiger partial charge is 0.338 e. The summed E-state index contributed by atoms with van der Waals surface area (Å²) in [5.74, 6) is 0.957. The molecule has 0 radical (unpaired) electrons. The quantitative estimate of drug-likeness (QED) is 0.560. The highest BCUT2D eigenvalue weighted by molar-refractivity contribution is 5.95. The first-order chi connectivity index (χ1) is 13.3. The van der Waals surface area contributed by atoms with Crippen molar-refractivity contribution in [3.8, 4) is 11.5 Å². The van der Waals surface area contributed by atoms with Crippen LogP contribution in [0.5, 0.6) is 0 Å². The molecule has 5 rings (SSSR count). The van der Waals surface area contributed by atoms with Crippen LogP contribution in [-0.2, 0) is 0 Å². The molecule has 0 spiro atoms. The highest BCUT2D eigenvalue weighted by Crippen LogP contribution is 2.28. The molecular formula is C20H15N5O2. The maximum atomic E-state index is 12.7. The number of para-hydroxylation sites is 1. The van der Waals surface area contributed by atoms with E-state index in [-0.39, 0.29) is 11.8 Å². The number of hydrogen-bond acceptors (Lipinski definition) is 6. The number of benzene rings is 1. The Morgan fingerprint density at radius 1 is 1.00 bits per heavy atom. The molecule has 1 aliphatic heterocycles. The van der Waals surface area contributed by atoms with Crippen LogP contribution in [0.1, 0.15) is 22.3 Å². The minimum atomic E-state index is -0.0820. The van der Waals surface area contributed by atoms with Crippen LogP contribution in [0.4, 0.5) is 0 Å². The molecule has 27 heavy (non-hydrogen) atoms. The molecule has 0 N–H and O–H groups in total. The van der Waals surface area contributed by atoms with E-state index in [1.54, 1.807) is 17.2 Å². The van der Waals surface area contributed by atoms with E-state index < -0.39 is 0 Å². The third kappa shape index (κ3) is 2.83. The summed E-state index contributed by atoms with van der Waals surface area (Å²) in [5, 5.41) is 5.00. The van der Waals surface area contributed by atoms with Gasteiger partial charge in [0.25, 0.3) is 5.91 Å². The molecule has 1 aromatic carbocycles. The van der Waals surface area contributed by atoms with Gasteiger partial charge in [-0.3, -0.25) is 9.78 Å². The number of hydrogen-bond donors (Lipinski definition) is 0. The third-order valence-corrected chi connectivity index (χ3v) is 4.67. The number of pyridine rings is 2. The number of likely N-dealkylation sites (tertiary alicyclic amines) is 1. The maximum absolute atomic E-state index is 12.7. The lowest BCUT2D eigenvalue weighted by Crippen LogP contribution is -2.48. The van der Waals surface area contributed by atoms with Gasteiger partial charge in [0.2, 0.25) is 11.7 Å². The molecule has 1 fully saturated rings. The lowest BCUT2D eigenvalue weighted by molar-refractivity contribution is 0.0563. The molecule has 1 amide bonds. The summed E-state index contributed by atoms with van der Waals surface area (Å²) in [6.45, 7) is 1.08. The van der Waals surface area contributed by atoms with Crippen molar-refractivity contribution < 1.29 is 9.32 Å². The number of aromatic nitrogens is 4. The first-order valence-corrected chi connectivity index (χ1v) is 8.68. The molecule has 3 aromatic heterocycles. The Kier molecular flexibility index (Phi) is 3.64. The molecule has 0 unspecified atom stereocenters. The molecule has 7 heteroatoms. The van der Waals surface area contributed by atoms with Gasteiger partial charge >= 0.3 is 0 Å².